The number of rotatable bonds is 6. The Kier molecular flexibility index (Phi) is 6.61. The molecule has 10 heteroatoms. The van der Waals surface area contributed by atoms with Gasteiger partial charge in [-0.05, 0) is 66.2 Å². The molecule has 1 atom stereocenters. The van der Waals surface area contributed by atoms with Crippen LogP contribution in [0.3, 0.4) is 0 Å². The number of benzene rings is 3. The third kappa shape index (κ3) is 4.63. The Morgan fingerprint density at radius 3 is 2.21 bits per heavy atom. The number of carbonyl (C=O) groups is 2. The summed E-state index contributed by atoms with van der Waals surface area (Å²) in [6, 6.07) is 17.7. The smallest absolute Gasteiger partial charge is 0.252 e. The number of hydrogen-bond acceptors (Lipinski definition) is 5. The molecule has 1 unspecified atom stereocenters. The van der Waals surface area contributed by atoms with Crippen molar-refractivity contribution >= 4 is 43.5 Å². The van der Waals surface area contributed by atoms with Crippen molar-refractivity contribution in [1.82, 2.24) is 4.31 Å². The van der Waals surface area contributed by atoms with E-state index >= 15 is 0 Å². The fourth-order valence-corrected chi connectivity index (χ4v) is 5.51. The maximum absolute atomic E-state index is 13.6. The van der Waals surface area contributed by atoms with Gasteiger partial charge in [0.2, 0.25) is 15.9 Å². The molecule has 1 heterocycles. The van der Waals surface area contributed by atoms with E-state index in [2.05, 4.69) is 15.9 Å². The fourth-order valence-electron chi connectivity index (χ4n) is 3.67. The Bertz CT molecular complexity index is 1390. The van der Waals surface area contributed by atoms with Gasteiger partial charge in [0.05, 0.1) is 28.6 Å². The number of amides is 2. The maximum Gasteiger partial charge on any atom is 0.252 e. The first-order valence-electron chi connectivity index (χ1n) is 10.1. The van der Waals surface area contributed by atoms with Gasteiger partial charge in [0, 0.05) is 11.0 Å². The molecule has 0 aromatic heterocycles. The largest absolute Gasteiger partial charge is 0.274 e. The molecular formula is C24H17BrFN3O4S. The van der Waals surface area contributed by atoms with E-state index in [1.54, 1.807) is 12.1 Å². The Labute approximate surface area is 204 Å². The number of nitrogens with zero attached hydrogens (tertiary/aromatic N) is 3. The van der Waals surface area contributed by atoms with Crippen LogP contribution in [0.4, 0.5) is 10.1 Å². The lowest BCUT2D eigenvalue weighted by molar-refractivity contribution is -0.122. The Hall–Kier alpha value is -3.39. The molecule has 3 aromatic carbocycles. The molecule has 0 spiro atoms. The van der Waals surface area contributed by atoms with Crippen molar-refractivity contribution in [3.05, 3.63) is 94.2 Å². The molecule has 0 aliphatic carbocycles. The SMILES string of the molecule is N#Cc1ccc(N2C(=O)CC(N(Cc3ccc(F)cc3)S(=O)(=O)c3ccc(Br)cc3)C2=O)cc1. The van der Waals surface area contributed by atoms with Crippen molar-refractivity contribution in [3.8, 4) is 6.07 Å². The number of imide groups is 1. The Morgan fingerprint density at radius 1 is 1.00 bits per heavy atom. The molecule has 34 heavy (non-hydrogen) atoms. The van der Waals surface area contributed by atoms with Gasteiger partial charge in [-0.1, -0.05) is 28.1 Å². The van der Waals surface area contributed by atoms with E-state index in [0.717, 1.165) is 9.21 Å². The van der Waals surface area contributed by atoms with Gasteiger partial charge in [-0.2, -0.15) is 9.57 Å². The molecule has 1 fully saturated rings. The van der Waals surface area contributed by atoms with Crippen LogP contribution >= 0.6 is 15.9 Å². The summed E-state index contributed by atoms with van der Waals surface area (Å²) in [7, 11) is -4.21. The summed E-state index contributed by atoms with van der Waals surface area (Å²) in [6.07, 6.45) is -0.351. The van der Waals surface area contributed by atoms with Crippen LogP contribution in [-0.2, 0) is 26.2 Å². The Morgan fingerprint density at radius 2 is 1.62 bits per heavy atom. The summed E-state index contributed by atoms with van der Waals surface area (Å²) in [6.45, 7) is -0.233. The minimum absolute atomic E-state index is 0.0464. The van der Waals surface area contributed by atoms with Gasteiger partial charge in [0.1, 0.15) is 11.9 Å². The molecule has 172 valence electrons. The zero-order valence-electron chi connectivity index (χ0n) is 17.6. The van der Waals surface area contributed by atoms with Crippen LogP contribution < -0.4 is 4.90 Å². The normalized spacial score (nSPS) is 16.2. The van der Waals surface area contributed by atoms with Gasteiger partial charge >= 0.3 is 0 Å². The molecular weight excluding hydrogens is 525 g/mol. The summed E-state index contributed by atoms with van der Waals surface area (Å²) >= 11 is 3.27. The lowest BCUT2D eigenvalue weighted by Crippen LogP contribution is -2.45. The van der Waals surface area contributed by atoms with Gasteiger partial charge in [0.25, 0.3) is 5.91 Å². The highest BCUT2D eigenvalue weighted by atomic mass is 79.9. The molecule has 2 amide bonds. The highest BCUT2D eigenvalue weighted by Crippen LogP contribution is 2.31. The average Bonchev–Trinajstić information content (AvgIpc) is 3.12. The minimum atomic E-state index is -4.21. The summed E-state index contributed by atoms with van der Waals surface area (Å²) in [5.74, 6) is -1.74. The van der Waals surface area contributed by atoms with E-state index < -0.39 is 33.7 Å². The van der Waals surface area contributed by atoms with Crippen LogP contribution in [0.25, 0.3) is 0 Å². The number of sulfonamides is 1. The van der Waals surface area contributed by atoms with E-state index in [4.69, 9.17) is 5.26 Å². The predicted octanol–water partition coefficient (Wildman–Crippen LogP) is 3.98. The molecule has 0 N–H and O–H groups in total. The second-order valence-electron chi connectivity index (χ2n) is 7.58. The average molecular weight is 542 g/mol. The number of nitriles is 1. The number of carbonyl (C=O) groups excluding carboxylic acids is 2. The Balaban J connectivity index is 1.74. The van der Waals surface area contributed by atoms with Crippen LogP contribution in [0.5, 0.6) is 0 Å². The highest BCUT2D eigenvalue weighted by Gasteiger charge is 2.47. The second-order valence-corrected chi connectivity index (χ2v) is 10.4. The molecule has 1 saturated heterocycles. The van der Waals surface area contributed by atoms with Crippen LogP contribution in [0, 0.1) is 17.1 Å². The summed E-state index contributed by atoms with van der Waals surface area (Å²) in [4.78, 5) is 27.1. The molecule has 1 aliphatic rings. The standard InChI is InChI=1S/C24H17BrFN3O4S/c25-18-5-11-21(12-6-18)34(32,33)28(15-17-1-7-19(26)8-2-17)22-13-23(30)29(24(22)31)20-9-3-16(14-27)4-10-20/h1-12,22H,13,15H2. The first kappa shape index (κ1) is 23.8. The van der Waals surface area contributed by atoms with Crippen LogP contribution in [-0.4, -0.2) is 30.6 Å². The van der Waals surface area contributed by atoms with Crippen molar-refractivity contribution in [2.45, 2.75) is 23.9 Å². The number of hydrogen-bond donors (Lipinski definition) is 0. The third-order valence-electron chi connectivity index (χ3n) is 5.40. The molecule has 1 aliphatic heterocycles. The van der Waals surface area contributed by atoms with Gasteiger partial charge in [-0.15, -0.1) is 0 Å². The monoisotopic (exact) mass is 541 g/mol. The van der Waals surface area contributed by atoms with E-state index in [-0.39, 0.29) is 23.5 Å². The van der Waals surface area contributed by atoms with Crippen LogP contribution in [0.15, 0.2) is 82.2 Å². The van der Waals surface area contributed by atoms with E-state index in [1.807, 2.05) is 6.07 Å². The summed E-state index contributed by atoms with van der Waals surface area (Å²) in [5, 5.41) is 8.99. The number of anilines is 1. The lowest BCUT2D eigenvalue weighted by atomic mass is 10.2. The zero-order valence-corrected chi connectivity index (χ0v) is 20.0. The first-order valence-corrected chi connectivity index (χ1v) is 12.3. The molecule has 7 nitrogen and oxygen atoms in total. The van der Waals surface area contributed by atoms with Gasteiger partial charge < -0.3 is 0 Å². The van der Waals surface area contributed by atoms with Gasteiger partial charge in [0.15, 0.2) is 0 Å². The molecule has 3 aromatic rings. The van der Waals surface area contributed by atoms with Crippen LogP contribution in [0.1, 0.15) is 17.5 Å². The fraction of sp³-hybridized carbons (Fsp3) is 0.125. The topological polar surface area (TPSA) is 98.5 Å². The number of halogens is 2. The highest BCUT2D eigenvalue weighted by molar-refractivity contribution is 9.10. The van der Waals surface area contributed by atoms with Gasteiger partial charge in [-0.3, -0.25) is 9.59 Å². The van der Waals surface area contributed by atoms with E-state index in [1.165, 1.54) is 60.7 Å². The minimum Gasteiger partial charge on any atom is -0.274 e. The van der Waals surface area contributed by atoms with E-state index in [0.29, 0.717) is 15.6 Å². The third-order valence-corrected chi connectivity index (χ3v) is 7.79. The first-order chi connectivity index (χ1) is 16.2. The predicted molar refractivity (Wildman–Crippen MR) is 125 cm³/mol. The van der Waals surface area contributed by atoms with Crippen molar-refractivity contribution in [1.29, 1.82) is 5.26 Å². The van der Waals surface area contributed by atoms with Crippen molar-refractivity contribution in [2.24, 2.45) is 0 Å². The molecule has 0 saturated carbocycles. The van der Waals surface area contributed by atoms with Crippen molar-refractivity contribution in [3.63, 3.8) is 0 Å². The quantitative estimate of drug-likeness (QED) is 0.439. The van der Waals surface area contributed by atoms with Crippen molar-refractivity contribution in [2.75, 3.05) is 4.90 Å². The summed E-state index contributed by atoms with van der Waals surface area (Å²) in [5.41, 5.74) is 1.06. The summed E-state index contributed by atoms with van der Waals surface area (Å²) < 4.78 is 42.3. The second kappa shape index (κ2) is 9.46. The van der Waals surface area contributed by atoms with Crippen molar-refractivity contribution < 1.29 is 22.4 Å². The molecule has 0 radical (unpaired) electrons. The molecule has 0 bridgehead atoms. The lowest BCUT2D eigenvalue weighted by Gasteiger charge is -2.27. The van der Waals surface area contributed by atoms with E-state index in [9.17, 15) is 22.4 Å². The molecule has 4 rings (SSSR count). The van der Waals surface area contributed by atoms with Crippen LogP contribution in [0.2, 0.25) is 0 Å². The zero-order chi connectivity index (χ0) is 24.5. The maximum atomic E-state index is 13.6. The van der Waals surface area contributed by atoms with Gasteiger partial charge in [-0.25, -0.2) is 17.7 Å².